The van der Waals surface area contributed by atoms with E-state index in [1.165, 1.54) is 17.3 Å². The Labute approximate surface area is 164 Å². The van der Waals surface area contributed by atoms with Gasteiger partial charge in [0.1, 0.15) is 5.03 Å². The number of hydrogen-bond donors (Lipinski definition) is 1. The van der Waals surface area contributed by atoms with Crippen LogP contribution in [-0.4, -0.2) is 21.9 Å². The van der Waals surface area contributed by atoms with Gasteiger partial charge in [-0.25, -0.2) is 0 Å². The first-order valence-corrected chi connectivity index (χ1v) is 9.96. The van der Waals surface area contributed by atoms with Gasteiger partial charge in [0.2, 0.25) is 5.91 Å². The molecule has 0 aliphatic carbocycles. The first-order valence-electron chi connectivity index (χ1n) is 8.98. The van der Waals surface area contributed by atoms with E-state index >= 15 is 0 Å². The van der Waals surface area contributed by atoms with E-state index in [2.05, 4.69) is 46.7 Å². The van der Waals surface area contributed by atoms with E-state index in [0.29, 0.717) is 5.75 Å². The van der Waals surface area contributed by atoms with Crippen molar-refractivity contribution in [1.29, 1.82) is 0 Å². The van der Waals surface area contributed by atoms with Crippen LogP contribution in [0.3, 0.4) is 0 Å². The zero-order valence-electron chi connectivity index (χ0n) is 15.8. The maximum absolute atomic E-state index is 12.2. The van der Waals surface area contributed by atoms with Crippen LogP contribution in [0.5, 0.6) is 0 Å². The van der Waals surface area contributed by atoms with Crippen LogP contribution >= 0.6 is 11.8 Å². The number of carbonyl (C=O) groups excluding carboxylic acids is 1. The second-order valence-electron chi connectivity index (χ2n) is 6.46. The van der Waals surface area contributed by atoms with Crippen LogP contribution in [-0.2, 0) is 11.2 Å². The van der Waals surface area contributed by atoms with Crippen molar-refractivity contribution < 1.29 is 4.79 Å². The number of amides is 1. The highest BCUT2D eigenvalue weighted by molar-refractivity contribution is 7.99. The maximum atomic E-state index is 12.2. The largest absolute Gasteiger partial charge is 0.325 e. The Morgan fingerprint density at radius 3 is 2.44 bits per heavy atom. The molecule has 1 amide bonds. The van der Waals surface area contributed by atoms with Crippen LogP contribution in [0.25, 0.3) is 11.3 Å². The minimum atomic E-state index is -0.0465. The number of carbonyl (C=O) groups is 1. The molecule has 0 saturated carbocycles. The molecular formula is C22H23N3OS. The molecule has 3 rings (SSSR count). The molecule has 0 fully saturated rings. The van der Waals surface area contributed by atoms with Crippen molar-refractivity contribution in [1.82, 2.24) is 10.2 Å². The van der Waals surface area contributed by atoms with E-state index in [1.54, 1.807) is 0 Å². The molecule has 27 heavy (non-hydrogen) atoms. The van der Waals surface area contributed by atoms with Crippen LogP contribution in [0.4, 0.5) is 5.69 Å². The molecule has 138 valence electrons. The van der Waals surface area contributed by atoms with Gasteiger partial charge in [-0.15, -0.1) is 10.2 Å². The predicted molar refractivity (Wildman–Crippen MR) is 112 cm³/mol. The standard InChI is InChI=1S/C22H23N3OS/c1-4-17-7-9-18(10-8-17)19-11-12-22(25-24-19)27-14-21(26)23-20-13-15(2)5-6-16(20)3/h5-13H,4,14H2,1-3H3,(H,23,26). The van der Waals surface area contributed by atoms with Crippen molar-refractivity contribution in [2.24, 2.45) is 0 Å². The number of nitrogens with one attached hydrogen (secondary N) is 1. The topological polar surface area (TPSA) is 54.9 Å². The second-order valence-corrected chi connectivity index (χ2v) is 7.46. The van der Waals surface area contributed by atoms with E-state index in [4.69, 9.17) is 0 Å². The van der Waals surface area contributed by atoms with Gasteiger partial charge in [-0.2, -0.15) is 0 Å². The monoisotopic (exact) mass is 377 g/mol. The van der Waals surface area contributed by atoms with Crippen LogP contribution in [0.15, 0.2) is 59.6 Å². The average molecular weight is 378 g/mol. The van der Waals surface area contributed by atoms with Crippen LogP contribution in [0, 0.1) is 13.8 Å². The summed E-state index contributed by atoms with van der Waals surface area (Å²) in [6.45, 7) is 6.13. The highest BCUT2D eigenvalue weighted by Crippen LogP contribution is 2.21. The molecule has 0 atom stereocenters. The molecule has 4 nitrogen and oxygen atoms in total. The van der Waals surface area contributed by atoms with Gasteiger partial charge in [0.25, 0.3) is 0 Å². The number of hydrogen-bond acceptors (Lipinski definition) is 4. The second kappa shape index (κ2) is 8.82. The SMILES string of the molecule is CCc1ccc(-c2ccc(SCC(=O)Nc3cc(C)ccc3C)nn2)cc1. The van der Waals surface area contributed by atoms with Gasteiger partial charge >= 0.3 is 0 Å². The number of anilines is 1. The van der Waals surface area contributed by atoms with Crippen molar-refractivity contribution in [3.63, 3.8) is 0 Å². The van der Waals surface area contributed by atoms with Crippen molar-refractivity contribution in [3.8, 4) is 11.3 Å². The molecule has 0 saturated heterocycles. The summed E-state index contributed by atoms with van der Waals surface area (Å²) in [6, 6.07) is 18.2. The number of aryl methyl sites for hydroxylation is 3. The maximum Gasteiger partial charge on any atom is 0.234 e. The Morgan fingerprint density at radius 1 is 1.00 bits per heavy atom. The van der Waals surface area contributed by atoms with Gasteiger partial charge in [-0.05, 0) is 55.2 Å². The molecule has 2 aromatic carbocycles. The fourth-order valence-corrected chi connectivity index (χ4v) is 3.27. The van der Waals surface area contributed by atoms with Crippen LogP contribution in [0.2, 0.25) is 0 Å². The lowest BCUT2D eigenvalue weighted by Gasteiger charge is -2.09. The first kappa shape index (κ1) is 19.1. The van der Waals surface area contributed by atoms with Crippen LogP contribution < -0.4 is 5.32 Å². The summed E-state index contributed by atoms with van der Waals surface area (Å²) in [7, 11) is 0. The van der Waals surface area contributed by atoms with Gasteiger partial charge < -0.3 is 5.32 Å². The molecule has 1 heterocycles. The van der Waals surface area contributed by atoms with Crippen molar-refractivity contribution >= 4 is 23.4 Å². The molecule has 0 aliphatic rings. The Kier molecular flexibility index (Phi) is 6.24. The number of thioether (sulfide) groups is 1. The highest BCUT2D eigenvalue weighted by atomic mass is 32.2. The lowest BCUT2D eigenvalue weighted by atomic mass is 10.1. The van der Waals surface area contributed by atoms with Gasteiger partial charge in [0, 0.05) is 11.3 Å². The third kappa shape index (κ3) is 5.17. The van der Waals surface area contributed by atoms with E-state index in [-0.39, 0.29) is 5.91 Å². The smallest absolute Gasteiger partial charge is 0.234 e. The summed E-state index contributed by atoms with van der Waals surface area (Å²) in [5, 5.41) is 12.2. The summed E-state index contributed by atoms with van der Waals surface area (Å²) in [5.41, 5.74) is 6.21. The fraction of sp³-hybridized carbons (Fsp3) is 0.227. The molecule has 0 bridgehead atoms. The third-order valence-electron chi connectivity index (χ3n) is 4.32. The molecule has 1 aromatic heterocycles. The van der Waals surface area contributed by atoms with Gasteiger partial charge in [0.15, 0.2) is 0 Å². The quantitative estimate of drug-likeness (QED) is 0.611. The molecule has 5 heteroatoms. The molecule has 0 spiro atoms. The van der Waals surface area contributed by atoms with Gasteiger partial charge in [-0.3, -0.25) is 4.79 Å². The average Bonchev–Trinajstić information content (AvgIpc) is 2.70. The highest BCUT2D eigenvalue weighted by Gasteiger charge is 2.08. The zero-order valence-corrected chi connectivity index (χ0v) is 16.6. The molecule has 0 radical (unpaired) electrons. The van der Waals surface area contributed by atoms with Crippen molar-refractivity contribution in [2.45, 2.75) is 32.2 Å². The van der Waals surface area contributed by atoms with E-state index in [0.717, 1.165) is 39.5 Å². The van der Waals surface area contributed by atoms with Gasteiger partial charge in [-0.1, -0.05) is 55.1 Å². The summed E-state index contributed by atoms with van der Waals surface area (Å²) >= 11 is 1.38. The third-order valence-corrected chi connectivity index (χ3v) is 5.24. The molecule has 0 aliphatic heterocycles. The molecule has 3 aromatic rings. The summed E-state index contributed by atoms with van der Waals surface area (Å²) in [4.78, 5) is 12.2. The molecule has 1 N–H and O–H groups in total. The van der Waals surface area contributed by atoms with E-state index < -0.39 is 0 Å². The minimum absolute atomic E-state index is 0.0465. The number of nitrogens with zero attached hydrogens (tertiary/aromatic N) is 2. The predicted octanol–water partition coefficient (Wildman–Crippen LogP) is 5.05. The van der Waals surface area contributed by atoms with Gasteiger partial charge in [0.05, 0.1) is 11.4 Å². The lowest BCUT2D eigenvalue weighted by molar-refractivity contribution is -0.113. The number of aromatic nitrogens is 2. The summed E-state index contributed by atoms with van der Waals surface area (Å²) in [5.74, 6) is 0.252. The Balaban J connectivity index is 1.58. The first-order chi connectivity index (χ1) is 13.0. The number of benzene rings is 2. The Hall–Kier alpha value is -2.66. The van der Waals surface area contributed by atoms with E-state index in [1.807, 2.05) is 44.2 Å². The minimum Gasteiger partial charge on any atom is -0.325 e. The zero-order chi connectivity index (χ0) is 19.2. The summed E-state index contributed by atoms with van der Waals surface area (Å²) in [6.07, 6.45) is 1.02. The fourth-order valence-electron chi connectivity index (χ4n) is 2.66. The normalized spacial score (nSPS) is 10.6. The Morgan fingerprint density at radius 2 is 1.78 bits per heavy atom. The lowest BCUT2D eigenvalue weighted by Crippen LogP contribution is -2.15. The Bertz CT molecular complexity index is 921. The van der Waals surface area contributed by atoms with E-state index in [9.17, 15) is 4.79 Å². The van der Waals surface area contributed by atoms with Crippen molar-refractivity contribution in [2.75, 3.05) is 11.1 Å². The summed E-state index contributed by atoms with van der Waals surface area (Å²) < 4.78 is 0. The molecular weight excluding hydrogens is 354 g/mol. The number of rotatable bonds is 6. The van der Waals surface area contributed by atoms with Crippen LogP contribution in [0.1, 0.15) is 23.6 Å². The molecule has 0 unspecified atom stereocenters. The van der Waals surface area contributed by atoms with Crippen molar-refractivity contribution in [3.05, 3.63) is 71.3 Å².